The van der Waals surface area contributed by atoms with Crippen LogP contribution >= 0.6 is 0 Å². The summed E-state index contributed by atoms with van der Waals surface area (Å²) in [5.74, 6) is 1.32. The molecule has 0 radical (unpaired) electrons. The van der Waals surface area contributed by atoms with Gasteiger partial charge in [0, 0.05) is 11.5 Å². The van der Waals surface area contributed by atoms with Gasteiger partial charge in [0.15, 0.2) is 8.32 Å². The lowest BCUT2D eigenvalue weighted by atomic mass is 9.54. The van der Waals surface area contributed by atoms with Crippen LogP contribution < -0.4 is 9.47 Å². The lowest BCUT2D eigenvalue weighted by Crippen LogP contribution is -2.57. The van der Waals surface area contributed by atoms with Gasteiger partial charge in [-0.05, 0) is 66.9 Å². The number of aliphatic hydroxyl groups is 1. The first kappa shape index (κ1) is 28.7. The summed E-state index contributed by atoms with van der Waals surface area (Å²) in [6.07, 6.45) is 6.94. The van der Waals surface area contributed by atoms with Crippen LogP contribution in [0.2, 0.25) is 18.1 Å². The number of ether oxygens (including phenoxy) is 2. The molecule has 1 aliphatic carbocycles. The van der Waals surface area contributed by atoms with E-state index in [0.29, 0.717) is 6.42 Å². The van der Waals surface area contributed by atoms with Crippen molar-refractivity contribution in [2.75, 3.05) is 14.2 Å². The fourth-order valence-corrected chi connectivity index (χ4v) is 6.63. The smallest absolute Gasteiger partial charge is 0.192 e. The summed E-state index contributed by atoms with van der Waals surface area (Å²) in [6, 6.07) is 5.91. The molecule has 0 amide bonds. The standard InChI is InChI=1S/C29H48O4Si/c1-12-18-29(30)23(15-14-19-28(29,6)7)26(22-20-21(31-8)16-17-25(22)32-9)24(13-2)33-34(10,11)27(3,4)5/h12-13,16-17,20,23-24,26,30H,1-2,14-15,18-19H2,3-11H3/t23-,24+,26-,29?/m1/s1. The molecule has 34 heavy (non-hydrogen) atoms. The van der Waals surface area contributed by atoms with Crippen molar-refractivity contribution in [1.82, 2.24) is 0 Å². The predicted molar refractivity (Wildman–Crippen MR) is 145 cm³/mol. The second kappa shape index (κ2) is 10.6. The lowest BCUT2D eigenvalue weighted by molar-refractivity contribution is -0.149. The van der Waals surface area contributed by atoms with Gasteiger partial charge >= 0.3 is 0 Å². The topological polar surface area (TPSA) is 47.9 Å². The van der Waals surface area contributed by atoms with Crippen LogP contribution in [0.5, 0.6) is 11.5 Å². The van der Waals surface area contributed by atoms with Crippen LogP contribution in [0.3, 0.4) is 0 Å². The molecule has 1 aliphatic rings. The van der Waals surface area contributed by atoms with Crippen LogP contribution in [0, 0.1) is 11.3 Å². The zero-order valence-electron chi connectivity index (χ0n) is 23.0. The van der Waals surface area contributed by atoms with Gasteiger partial charge < -0.3 is 19.0 Å². The summed E-state index contributed by atoms with van der Waals surface area (Å²) in [4.78, 5) is 0. The number of benzene rings is 1. The van der Waals surface area contributed by atoms with Crippen molar-refractivity contribution < 1.29 is 19.0 Å². The van der Waals surface area contributed by atoms with Crippen LogP contribution in [0.15, 0.2) is 43.5 Å². The Morgan fingerprint density at radius 3 is 2.32 bits per heavy atom. The molecule has 1 unspecified atom stereocenters. The van der Waals surface area contributed by atoms with E-state index < -0.39 is 13.9 Å². The van der Waals surface area contributed by atoms with Gasteiger partial charge in [0.05, 0.1) is 25.9 Å². The van der Waals surface area contributed by atoms with Gasteiger partial charge in [-0.25, -0.2) is 0 Å². The average Bonchev–Trinajstić information content (AvgIpc) is 2.75. The first-order valence-corrected chi connectivity index (χ1v) is 15.5. The van der Waals surface area contributed by atoms with E-state index in [-0.39, 0.29) is 28.4 Å². The molecule has 0 saturated heterocycles. The third-order valence-electron chi connectivity index (χ3n) is 8.61. The minimum atomic E-state index is -2.14. The van der Waals surface area contributed by atoms with Crippen molar-refractivity contribution in [3.05, 3.63) is 49.1 Å². The van der Waals surface area contributed by atoms with E-state index in [0.717, 1.165) is 36.3 Å². The molecule has 0 spiro atoms. The van der Waals surface area contributed by atoms with Crippen molar-refractivity contribution in [2.24, 2.45) is 11.3 Å². The molecule has 1 N–H and O–H groups in total. The molecule has 5 heteroatoms. The molecule has 1 aromatic carbocycles. The van der Waals surface area contributed by atoms with E-state index >= 15 is 0 Å². The van der Waals surface area contributed by atoms with Gasteiger partial charge in [-0.1, -0.05) is 53.2 Å². The molecular weight excluding hydrogens is 440 g/mol. The highest BCUT2D eigenvalue weighted by Gasteiger charge is 2.55. The van der Waals surface area contributed by atoms with Crippen molar-refractivity contribution in [1.29, 1.82) is 0 Å². The summed E-state index contributed by atoms with van der Waals surface area (Å²) >= 11 is 0. The number of rotatable bonds is 10. The molecule has 0 aromatic heterocycles. The van der Waals surface area contributed by atoms with Crippen LogP contribution in [0.4, 0.5) is 0 Å². The Balaban J connectivity index is 2.79. The highest BCUT2D eigenvalue weighted by atomic mass is 28.4. The van der Waals surface area contributed by atoms with Gasteiger partial charge in [-0.2, -0.15) is 0 Å². The Morgan fingerprint density at radius 1 is 1.18 bits per heavy atom. The van der Waals surface area contributed by atoms with E-state index in [9.17, 15) is 5.11 Å². The monoisotopic (exact) mass is 488 g/mol. The summed E-state index contributed by atoms with van der Waals surface area (Å²) in [7, 11) is 1.23. The third kappa shape index (κ3) is 5.47. The molecule has 4 atom stereocenters. The minimum absolute atomic E-state index is 0.0422. The molecule has 1 aromatic rings. The third-order valence-corrected chi connectivity index (χ3v) is 13.1. The summed E-state index contributed by atoms with van der Waals surface area (Å²) in [6.45, 7) is 23.9. The van der Waals surface area contributed by atoms with Crippen molar-refractivity contribution >= 4 is 8.32 Å². The first-order valence-electron chi connectivity index (χ1n) is 12.5. The summed E-state index contributed by atoms with van der Waals surface area (Å²) in [5, 5.41) is 12.4. The number of hydrogen-bond acceptors (Lipinski definition) is 4. The van der Waals surface area contributed by atoms with Crippen molar-refractivity contribution in [3.8, 4) is 11.5 Å². The second-order valence-corrected chi connectivity index (χ2v) is 16.8. The Bertz CT molecular complexity index is 854. The number of hydrogen-bond donors (Lipinski definition) is 1. The fourth-order valence-electron chi connectivity index (χ4n) is 5.35. The van der Waals surface area contributed by atoms with E-state index in [4.69, 9.17) is 13.9 Å². The van der Waals surface area contributed by atoms with Crippen molar-refractivity contribution in [2.45, 2.75) is 96.1 Å². The Labute approximate surface area is 209 Å². The fraction of sp³-hybridized carbons (Fsp3) is 0.655. The zero-order valence-corrected chi connectivity index (χ0v) is 24.0. The maximum absolute atomic E-state index is 12.4. The summed E-state index contributed by atoms with van der Waals surface area (Å²) < 4.78 is 18.5. The lowest BCUT2D eigenvalue weighted by Gasteiger charge is -2.55. The normalized spacial score (nSPS) is 24.7. The summed E-state index contributed by atoms with van der Waals surface area (Å²) in [5.41, 5.74) is -0.211. The van der Waals surface area contributed by atoms with E-state index in [2.05, 4.69) is 60.9 Å². The maximum atomic E-state index is 12.4. The van der Waals surface area contributed by atoms with Crippen LogP contribution in [-0.2, 0) is 4.43 Å². The van der Waals surface area contributed by atoms with Crippen LogP contribution in [0.1, 0.15) is 71.8 Å². The average molecular weight is 489 g/mol. The number of methoxy groups -OCH3 is 2. The quantitative estimate of drug-likeness (QED) is 0.274. The minimum Gasteiger partial charge on any atom is -0.497 e. The molecule has 192 valence electrons. The zero-order chi connectivity index (χ0) is 25.9. The van der Waals surface area contributed by atoms with Gasteiger partial charge in [-0.15, -0.1) is 13.2 Å². The first-order chi connectivity index (χ1) is 15.7. The van der Waals surface area contributed by atoms with Gasteiger partial charge in [-0.3, -0.25) is 0 Å². The van der Waals surface area contributed by atoms with Crippen LogP contribution in [0.25, 0.3) is 0 Å². The highest BCUT2D eigenvalue weighted by Crippen LogP contribution is 2.56. The van der Waals surface area contributed by atoms with Gasteiger partial charge in [0.2, 0.25) is 0 Å². The molecular formula is C29H48O4Si. The second-order valence-electron chi connectivity index (χ2n) is 12.0. The Hall–Kier alpha value is -1.56. The highest BCUT2D eigenvalue weighted by molar-refractivity contribution is 6.74. The maximum Gasteiger partial charge on any atom is 0.192 e. The van der Waals surface area contributed by atoms with E-state index in [1.54, 1.807) is 14.2 Å². The molecule has 1 saturated carbocycles. The largest absolute Gasteiger partial charge is 0.497 e. The Kier molecular flexibility index (Phi) is 8.93. The van der Waals surface area contributed by atoms with Gasteiger partial charge in [0.25, 0.3) is 0 Å². The molecule has 0 heterocycles. The molecule has 0 aliphatic heterocycles. The molecule has 0 bridgehead atoms. The molecule has 2 rings (SSSR count). The van der Waals surface area contributed by atoms with Gasteiger partial charge in [0.1, 0.15) is 11.5 Å². The van der Waals surface area contributed by atoms with E-state index in [1.165, 1.54) is 0 Å². The molecule has 4 nitrogen and oxygen atoms in total. The SMILES string of the molecule is C=CCC1(O)[C@@H]([C@@H](c2cc(OC)ccc2OC)[C@H](C=C)O[Si](C)(C)C(C)(C)C)CCCC1(C)C. The molecule has 1 fully saturated rings. The predicted octanol–water partition coefficient (Wildman–Crippen LogP) is 7.50. The Morgan fingerprint density at radius 2 is 1.82 bits per heavy atom. The van der Waals surface area contributed by atoms with Crippen molar-refractivity contribution in [3.63, 3.8) is 0 Å². The van der Waals surface area contributed by atoms with E-state index in [1.807, 2.05) is 30.4 Å². The van der Waals surface area contributed by atoms with Crippen LogP contribution in [-0.4, -0.2) is 39.3 Å².